The Bertz CT molecular complexity index is 862. The maximum atomic E-state index is 4.62. The predicted octanol–water partition coefficient (Wildman–Crippen LogP) is 5.16. The minimum absolute atomic E-state index is 1.05. The summed E-state index contributed by atoms with van der Waals surface area (Å²) in [6, 6.07) is 20.9. The molecule has 0 unspecified atom stereocenters. The lowest BCUT2D eigenvalue weighted by atomic mass is 10.1. The van der Waals surface area contributed by atoms with Gasteiger partial charge >= 0.3 is 0 Å². The van der Waals surface area contributed by atoms with Gasteiger partial charge in [0.1, 0.15) is 6.54 Å². The van der Waals surface area contributed by atoms with Crippen molar-refractivity contribution in [1.82, 2.24) is 0 Å². The molecule has 0 spiro atoms. The summed E-state index contributed by atoms with van der Waals surface area (Å²) in [4.78, 5) is 0. The van der Waals surface area contributed by atoms with Crippen LogP contribution in [0.3, 0.4) is 0 Å². The van der Waals surface area contributed by atoms with Gasteiger partial charge in [-0.05, 0) is 31.0 Å². The Morgan fingerprint density at radius 3 is 2.54 bits per heavy atom. The summed E-state index contributed by atoms with van der Waals surface area (Å²) in [7, 11) is 1.97. The number of pyridine rings is 1. The van der Waals surface area contributed by atoms with Crippen molar-refractivity contribution in [3.05, 3.63) is 72.4 Å². The number of benzene rings is 2. The van der Waals surface area contributed by atoms with Gasteiger partial charge in [-0.1, -0.05) is 46.3 Å². The van der Waals surface area contributed by atoms with E-state index in [9.17, 15) is 0 Å². The summed E-state index contributed by atoms with van der Waals surface area (Å²) in [5, 5.41) is 8.85. The van der Waals surface area contributed by atoms with Crippen LogP contribution in [0, 0.1) is 0 Å². The van der Waals surface area contributed by atoms with Crippen LogP contribution in [0.25, 0.3) is 10.9 Å². The van der Waals surface area contributed by atoms with Crippen LogP contribution < -0.4 is 9.58 Å². The van der Waals surface area contributed by atoms with Gasteiger partial charge in [-0.3, -0.25) is 5.01 Å². The van der Waals surface area contributed by atoms with Crippen molar-refractivity contribution in [2.45, 2.75) is 25.8 Å². The van der Waals surface area contributed by atoms with Crippen molar-refractivity contribution in [2.75, 3.05) is 17.4 Å². The van der Waals surface area contributed by atoms with Gasteiger partial charge in [0, 0.05) is 36.5 Å². The third kappa shape index (κ3) is 4.70. The second kappa shape index (κ2) is 9.48. The highest BCUT2D eigenvalue weighted by molar-refractivity contribution is 9.09. The fourth-order valence-corrected chi connectivity index (χ4v) is 3.43. The SMILES string of the molecule is CN(/N=C/c1cc[n+](CCCCCBr)c2ccccc12)c1ccccc1. The van der Waals surface area contributed by atoms with Crippen LogP contribution in [0.15, 0.2) is 72.0 Å². The first-order valence-corrected chi connectivity index (χ1v) is 10.2. The lowest BCUT2D eigenvalue weighted by molar-refractivity contribution is -0.671. The maximum absolute atomic E-state index is 4.62. The van der Waals surface area contributed by atoms with E-state index >= 15 is 0 Å². The summed E-state index contributed by atoms with van der Waals surface area (Å²) in [5.74, 6) is 0. The molecule has 0 N–H and O–H groups in total. The van der Waals surface area contributed by atoms with Gasteiger partial charge in [0.05, 0.1) is 17.3 Å². The molecule has 0 aliphatic heterocycles. The van der Waals surface area contributed by atoms with E-state index in [2.05, 4.69) is 74.3 Å². The lowest BCUT2D eigenvalue weighted by Crippen LogP contribution is -2.34. The molecule has 0 radical (unpaired) electrons. The molecule has 0 aliphatic rings. The van der Waals surface area contributed by atoms with Crippen LogP contribution in [-0.4, -0.2) is 18.6 Å². The van der Waals surface area contributed by atoms with Gasteiger partial charge in [-0.2, -0.15) is 9.67 Å². The highest BCUT2D eigenvalue weighted by Crippen LogP contribution is 2.15. The van der Waals surface area contributed by atoms with E-state index in [0.29, 0.717) is 0 Å². The summed E-state index contributed by atoms with van der Waals surface area (Å²) >= 11 is 3.51. The van der Waals surface area contributed by atoms with Gasteiger partial charge < -0.3 is 0 Å². The highest BCUT2D eigenvalue weighted by atomic mass is 79.9. The van der Waals surface area contributed by atoms with Crippen molar-refractivity contribution >= 4 is 38.7 Å². The zero-order valence-corrected chi connectivity index (χ0v) is 16.8. The fourth-order valence-electron chi connectivity index (χ4n) is 3.03. The van der Waals surface area contributed by atoms with Gasteiger partial charge in [0.25, 0.3) is 0 Å². The third-order valence-electron chi connectivity index (χ3n) is 4.49. The Labute approximate surface area is 164 Å². The average molecular weight is 411 g/mol. The van der Waals surface area contributed by atoms with E-state index in [1.165, 1.54) is 30.2 Å². The largest absolute Gasteiger partial charge is 0.269 e. The highest BCUT2D eigenvalue weighted by Gasteiger charge is 2.11. The minimum atomic E-state index is 1.05. The topological polar surface area (TPSA) is 19.5 Å². The molecule has 0 fully saturated rings. The first-order chi connectivity index (χ1) is 12.8. The molecule has 3 rings (SSSR count). The van der Waals surface area contributed by atoms with Crippen LogP contribution in [0.1, 0.15) is 24.8 Å². The zero-order valence-electron chi connectivity index (χ0n) is 15.2. The standard InChI is InChI=1S/C22H25BrN3/c1-25(20-10-4-2-5-11-20)24-18-19-14-17-26(16-9-3-8-15-23)22-13-7-6-12-21(19)22/h2,4-7,10-14,17-18H,3,8-9,15-16H2,1H3/q+1. The summed E-state index contributed by atoms with van der Waals surface area (Å²) < 4.78 is 2.35. The van der Waals surface area contributed by atoms with Crippen molar-refractivity contribution in [1.29, 1.82) is 0 Å². The lowest BCUT2D eigenvalue weighted by Gasteiger charge is -2.12. The monoisotopic (exact) mass is 410 g/mol. The summed E-state index contributed by atoms with van der Waals surface area (Å²) in [6.45, 7) is 1.05. The van der Waals surface area contributed by atoms with E-state index < -0.39 is 0 Å². The Morgan fingerprint density at radius 2 is 1.73 bits per heavy atom. The fraction of sp³-hybridized carbons (Fsp3) is 0.273. The molecule has 1 heterocycles. The van der Waals surface area contributed by atoms with Gasteiger partial charge in [-0.25, -0.2) is 0 Å². The van der Waals surface area contributed by atoms with Crippen LogP contribution in [0.5, 0.6) is 0 Å². The normalized spacial score (nSPS) is 11.3. The zero-order chi connectivity index (χ0) is 18.2. The Hall–Kier alpha value is -2.20. The molecule has 0 atom stereocenters. The van der Waals surface area contributed by atoms with Crippen molar-refractivity contribution < 1.29 is 4.57 Å². The number of halogens is 1. The molecule has 4 heteroatoms. The molecule has 3 nitrogen and oxygen atoms in total. The molecule has 0 bridgehead atoms. The van der Waals surface area contributed by atoms with Crippen LogP contribution in [0.2, 0.25) is 0 Å². The van der Waals surface area contributed by atoms with E-state index in [4.69, 9.17) is 0 Å². The number of aryl methyl sites for hydroxylation is 1. The summed E-state index contributed by atoms with van der Waals surface area (Å²) in [6.07, 6.45) is 7.81. The maximum Gasteiger partial charge on any atom is 0.213 e. The number of alkyl halides is 1. The molecule has 1 aromatic heterocycles. The number of rotatable bonds is 8. The van der Waals surface area contributed by atoms with Crippen LogP contribution in [-0.2, 0) is 6.54 Å². The molecule has 3 aromatic rings. The van der Waals surface area contributed by atoms with Gasteiger partial charge in [0.15, 0.2) is 6.20 Å². The van der Waals surface area contributed by atoms with Crippen molar-refractivity contribution in [3.8, 4) is 0 Å². The number of nitrogens with zero attached hydrogens (tertiary/aromatic N) is 3. The second-order valence-electron chi connectivity index (χ2n) is 6.33. The smallest absolute Gasteiger partial charge is 0.213 e. The van der Waals surface area contributed by atoms with E-state index in [0.717, 1.165) is 23.1 Å². The van der Waals surface area contributed by atoms with Crippen molar-refractivity contribution in [3.63, 3.8) is 0 Å². The molecule has 0 saturated carbocycles. The number of unbranched alkanes of at least 4 members (excludes halogenated alkanes) is 2. The van der Waals surface area contributed by atoms with Gasteiger partial charge in [-0.15, -0.1) is 0 Å². The van der Waals surface area contributed by atoms with E-state index in [1.807, 2.05) is 36.5 Å². The Kier molecular flexibility index (Phi) is 6.78. The number of anilines is 1. The molecule has 0 saturated heterocycles. The molecule has 0 amide bonds. The molecule has 0 aliphatic carbocycles. The predicted molar refractivity (Wildman–Crippen MR) is 114 cm³/mol. The number of hydrogen-bond donors (Lipinski definition) is 0. The van der Waals surface area contributed by atoms with E-state index in [1.54, 1.807) is 0 Å². The first kappa shape index (κ1) is 18.6. The second-order valence-corrected chi connectivity index (χ2v) is 7.13. The van der Waals surface area contributed by atoms with Crippen LogP contribution in [0.4, 0.5) is 5.69 Å². The number of fused-ring (bicyclic) bond motifs is 1. The number of para-hydroxylation sites is 2. The Morgan fingerprint density at radius 1 is 0.962 bits per heavy atom. The molecule has 2 aromatic carbocycles. The number of aromatic nitrogens is 1. The number of hydrazone groups is 1. The Balaban J connectivity index is 1.82. The molecular weight excluding hydrogens is 386 g/mol. The van der Waals surface area contributed by atoms with Crippen molar-refractivity contribution in [2.24, 2.45) is 5.10 Å². The number of hydrogen-bond acceptors (Lipinski definition) is 2. The third-order valence-corrected chi connectivity index (χ3v) is 5.05. The van der Waals surface area contributed by atoms with E-state index in [-0.39, 0.29) is 0 Å². The minimum Gasteiger partial charge on any atom is -0.269 e. The quantitative estimate of drug-likeness (QED) is 0.165. The molecule has 134 valence electrons. The van der Waals surface area contributed by atoms with Gasteiger partial charge in [0.2, 0.25) is 5.52 Å². The van der Waals surface area contributed by atoms with Crippen LogP contribution >= 0.6 is 15.9 Å². The molecular formula is C22H25BrN3+. The first-order valence-electron chi connectivity index (χ1n) is 9.09. The molecule has 26 heavy (non-hydrogen) atoms. The summed E-state index contributed by atoms with van der Waals surface area (Å²) in [5.41, 5.74) is 3.48. The average Bonchev–Trinajstić information content (AvgIpc) is 2.70.